The highest BCUT2D eigenvalue weighted by molar-refractivity contribution is 6.07. The molecule has 2 aromatic rings. The van der Waals surface area contributed by atoms with Gasteiger partial charge in [0.2, 0.25) is 0 Å². The van der Waals surface area contributed by atoms with E-state index in [1.165, 1.54) is 4.90 Å². The Hall–Kier alpha value is -2.83. The van der Waals surface area contributed by atoms with Gasteiger partial charge in [0, 0.05) is 25.0 Å². The number of hydrogen-bond donors (Lipinski definition) is 1. The van der Waals surface area contributed by atoms with E-state index in [0.717, 1.165) is 5.69 Å². The molecular weight excluding hydrogens is 310 g/mol. The highest BCUT2D eigenvalue weighted by Gasteiger charge is 2.22. The number of benzene rings is 1. The van der Waals surface area contributed by atoms with Gasteiger partial charge in [-0.2, -0.15) is 5.10 Å². The van der Waals surface area contributed by atoms with Crippen molar-refractivity contribution in [3.63, 3.8) is 0 Å². The minimum atomic E-state index is -1.04. The molecule has 128 valence electrons. The third-order valence-electron chi connectivity index (χ3n) is 3.79. The Morgan fingerprint density at radius 2 is 1.88 bits per heavy atom. The first-order valence-electron chi connectivity index (χ1n) is 7.61. The highest BCUT2D eigenvalue weighted by atomic mass is 16.5. The molecule has 0 saturated carbocycles. The summed E-state index contributed by atoms with van der Waals surface area (Å²) in [5, 5.41) is 13.0. The van der Waals surface area contributed by atoms with Crippen LogP contribution in [0.25, 0.3) is 0 Å². The molecule has 7 nitrogen and oxygen atoms in total. The van der Waals surface area contributed by atoms with Gasteiger partial charge in [-0.05, 0) is 45.0 Å². The summed E-state index contributed by atoms with van der Waals surface area (Å²) in [7, 11) is 1.69. The summed E-state index contributed by atoms with van der Waals surface area (Å²) >= 11 is 0. The maximum atomic E-state index is 12.8. The van der Waals surface area contributed by atoms with Gasteiger partial charge in [-0.15, -0.1) is 0 Å². The molecule has 2 rings (SSSR count). The lowest BCUT2D eigenvalue weighted by atomic mass is 10.1. The zero-order valence-corrected chi connectivity index (χ0v) is 14.2. The van der Waals surface area contributed by atoms with Crippen LogP contribution in [0.1, 0.15) is 28.7 Å². The predicted molar refractivity (Wildman–Crippen MR) is 89.7 cm³/mol. The minimum Gasteiger partial charge on any atom is -0.482 e. The molecule has 0 bridgehead atoms. The van der Waals surface area contributed by atoms with Gasteiger partial charge in [0.05, 0.1) is 11.3 Å². The Labute approximate surface area is 140 Å². The molecule has 0 saturated heterocycles. The number of carboxylic acid groups (broad SMARTS) is 1. The first-order chi connectivity index (χ1) is 11.3. The van der Waals surface area contributed by atoms with Gasteiger partial charge in [0.1, 0.15) is 5.75 Å². The summed E-state index contributed by atoms with van der Waals surface area (Å²) in [6.07, 6.45) is 0. The van der Waals surface area contributed by atoms with Crippen molar-refractivity contribution in [3.8, 4) is 5.75 Å². The average Bonchev–Trinajstić information content (AvgIpc) is 2.86. The molecule has 0 aliphatic carbocycles. The number of carbonyl (C=O) groups excluding carboxylic acids is 1. The molecule has 0 spiro atoms. The molecular formula is C17H21N3O4. The molecule has 0 aliphatic heterocycles. The lowest BCUT2D eigenvalue weighted by Crippen LogP contribution is -2.27. The largest absolute Gasteiger partial charge is 0.482 e. The van der Waals surface area contributed by atoms with E-state index in [-0.39, 0.29) is 5.91 Å². The predicted octanol–water partition coefficient (Wildman–Crippen LogP) is 2.26. The number of rotatable bonds is 6. The van der Waals surface area contributed by atoms with Crippen LogP contribution >= 0.6 is 0 Å². The van der Waals surface area contributed by atoms with E-state index >= 15 is 0 Å². The summed E-state index contributed by atoms with van der Waals surface area (Å²) in [6, 6.07) is 6.70. The molecule has 1 aromatic carbocycles. The van der Waals surface area contributed by atoms with Gasteiger partial charge in [-0.1, -0.05) is 0 Å². The number of hydrogen-bond acceptors (Lipinski definition) is 4. The number of nitrogens with zero attached hydrogens (tertiary/aromatic N) is 3. The second kappa shape index (κ2) is 7.16. The van der Waals surface area contributed by atoms with Crippen molar-refractivity contribution in [3.05, 3.63) is 41.2 Å². The molecule has 24 heavy (non-hydrogen) atoms. The molecule has 0 unspecified atom stereocenters. The standard InChI is InChI=1S/C17H21N3O4/c1-5-20-12(3)16(11(2)18-20)17(23)19(4)13-6-8-14(9-7-13)24-10-15(21)22/h6-9H,5,10H2,1-4H3,(H,21,22). The van der Waals surface area contributed by atoms with Crippen molar-refractivity contribution in [2.75, 3.05) is 18.6 Å². The molecule has 1 aromatic heterocycles. The van der Waals surface area contributed by atoms with Crippen molar-refractivity contribution < 1.29 is 19.4 Å². The molecule has 1 heterocycles. The van der Waals surface area contributed by atoms with Crippen molar-refractivity contribution >= 4 is 17.6 Å². The topological polar surface area (TPSA) is 84.7 Å². The van der Waals surface area contributed by atoms with Crippen LogP contribution in [-0.2, 0) is 11.3 Å². The molecule has 1 N–H and O–H groups in total. The molecule has 7 heteroatoms. The fourth-order valence-corrected chi connectivity index (χ4v) is 2.51. The number of carboxylic acids is 1. The van der Waals surface area contributed by atoms with E-state index in [1.807, 2.05) is 20.8 Å². The maximum Gasteiger partial charge on any atom is 0.341 e. The van der Waals surface area contributed by atoms with Crippen molar-refractivity contribution in [2.45, 2.75) is 27.3 Å². The van der Waals surface area contributed by atoms with Gasteiger partial charge < -0.3 is 14.7 Å². The van der Waals surface area contributed by atoms with Crippen LogP contribution in [0.2, 0.25) is 0 Å². The minimum absolute atomic E-state index is 0.135. The van der Waals surface area contributed by atoms with Crippen molar-refractivity contribution in [2.24, 2.45) is 0 Å². The van der Waals surface area contributed by atoms with E-state index in [4.69, 9.17) is 9.84 Å². The number of anilines is 1. The highest BCUT2D eigenvalue weighted by Crippen LogP contribution is 2.22. The van der Waals surface area contributed by atoms with Crippen LogP contribution in [0, 0.1) is 13.8 Å². The molecule has 0 atom stereocenters. The lowest BCUT2D eigenvalue weighted by molar-refractivity contribution is -0.139. The zero-order valence-electron chi connectivity index (χ0n) is 14.2. The number of aliphatic carboxylic acids is 1. The number of aryl methyl sites for hydroxylation is 2. The second-order valence-corrected chi connectivity index (χ2v) is 5.40. The van der Waals surface area contributed by atoms with E-state index in [9.17, 15) is 9.59 Å². The molecule has 1 amide bonds. The number of aromatic nitrogens is 2. The van der Waals surface area contributed by atoms with E-state index in [1.54, 1.807) is 36.0 Å². The summed E-state index contributed by atoms with van der Waals surface area (Å²) in [4.78, 5) is 24.8. The first kappa shape index (κ1) is 17.5. The first-order valence-corrected chi connectivity index (χ1v) is 7.61. The van der Waals surface area contributed by atoms with Crippen LogP contribution < -0.4 is 9.64 Å². The Bertz CT molecular complexity index is 750. The van der Waals surface area contributed by atoms with Crippen molar-refractivity contribution in [1.29, 1.82) is 0 Å². The smallest absolute Gasteiger partial charge is 0.341 e. The molecule has 0 aliphatic rings. The maximum absolute atomic E-state index is 12.8. The fraction of sp³-hybridized carbons (Fsp3) is 0.353. The van der Waals surface area contributed by atoms with Gasteiger partial charge in [-0.3, -0.25) is 9.48 Å². The van der Waals surface area contributed by atoms with E-state index < -0.39 is 12.6 Å². The number of ether oxygens (including phenoxy) is 1. The summed E-state index contributed by atoms with van der Waals surface area (Å²) < 4.78 is 6.89. The zero-order chi connectivity index (χ0) is 17.9. The van der Waals surface area contributed by atoms with Gasteiger partial charge in [0.15, 0.2) is 6.61 Å². The van der Waals surface area contributed by atoms with Crippen LogP contribution in [0.4, 0.5) is 5.69 Å². The van der Waals surface area contributed by atoms with Gasteiger partial charge in [0.25, 0.3) is 5.91 Å². The Kier molecular flexibility index (Phi) is 5.23. The average molecular weight is 331 g/mol. The Morgan fingerprint density at radius 3 is 2.38 bits per heavy atom. The van der Waals surface area contributed by atoms with Crippen molar-refractivity contribution in [1.82, 2.24) is 9.78 Å². The SMILES string of the molecule is CCn1nc(C)c(C(=O)N(C)c2ccc(OCC(=O)O)cc2)c1C. The third kappa shape index (κ3) is 3.56. The number of amides is 1. The van der Waals surface area contributed by atoms with Crippen LogP contribution in [-0.4, -0.2) is 40.4 Å². The van der Waals surface area contributed by atoms with Crippen LogP contribution in [0.3, 0.4) is 0 Å². The summed E-state index contributed by atoms with van der Waals surface area (Å²) in [5.41, 5.74) is 2.83. The monoisotopic (exact) mass is 331 g/mol. The quantitative estimate of drug-likeness (QED) is 0.877. The van der Waals surface area contributed by atoms with Gasteiger partial charge >= 0.3 is 5.97 Å². The van der Waals surface area contributed by atoms with Crippen LogP contribution in [0.15, 0.2) is 24.3 Å². The Balaban J connectivity index is 2.19. The lowest BCUT2D eigenvalue weighted by Gasteiger charge is -2.18. The number of carbonyl (C=O) groups is 2. The normalized spacial score (nSPS) is 10.5. The van der Waals surface area contributed by atoms with E-state index in [2.05, 4.69) is 5.10 Å². The summed E-state index contributed by atoms with van der Waals surface area (Å²) in [6.45, 7) is 5.99. The Morgan fingerprint density at radius 1 is 1.25 bits per heavy atom. The fourth-order valence-electron chi connectivity index (χ4n) is 2.51. The third-order valence-corrected chi connectivity index (χ3v) is 3.79. The van der Waals surface area contributed by atoms with E-state index in [0.29, 0.717) is 29.2 Å². The van der Waals surface area contributed by atoms with Gasteiger partial charge in [-0.25, -0.2) is 4.79 Å². The van der Waals surface area contributed by atoms with Crippen LogP contribution in [0.5, 0.6) is 5.75 Å². The second-order valence-electron chi connectivity index (χ2n) is 5.40. The summed E-state index contributed by atoms with van der Waals surface area (Å²) in [5.74, 6) is -0.734. The molecule has 0 fully saturated rings. The molecule has 0 radical (unpaired) electrons.